The van der Waals surface area contributed by atoms with Crippen LogP contribution in [0.4, 0.5) is 13.2 Å². The van der Waals surface area contributed by atoms with Crippen LogP contribution in [0.2, 0.25) is 0 Å². The van der Waals surface area contributed by atoms with Crippen molar-refractivity contribution < 1.29 is 17.9 Å². The molecule has 0 saturated heterocycles. The Kier molecular flexibility index (Phi) is 3.71. The molecular formula is C13H8F3NOS. The van der Waals surface area contributed by atoms with Gasteiger partial charge in [-0.15, -0.1) is 0 Å². The molecule has 2 rings (SSSR count). The topological polar surface area (TPSA) is 35.2 Å². The van der Waals surface area contributed by atoms with E-state index in [2.05, 4.69) is 0 Å². The highest BCUT2D eigenvalue weighted by Gasteiger charge is 2.12. The van der Waals surface area contributed by atoms with Gasteiger partial charge >= 0.3 is 0 Å². The molecule has 0 aliphatic heterocycles. The largest absolute Gasteiger partial charge is 0.454 e. The molecule has 0 radical (unpaired) electrons. The molecule has 6 heteroatoms. The maximum Gasteiger partial charge on any atom is 0.168 e. The molecule has 0 spiro atoms. The third-order valence-corrected chi connectivity index (χ3v) is 2.54. The molecule has 0 aliphatic carbocycles. The van der Waals surface area contributed by atoms with E-state index in [4.69, 9.17) is 22.7 Å². The highest BCUT2D eigenvalue weighted by molar-refractivity contribution is 7.80. The molecule has 0 unspecified atom stereocenters. The number of hydrogen-bond acceptors (Lipinski definition) is 2. The molecule has 2 aromatic carbocycles. The Bertz CT molecular complexity index is 646. The number of rotatable bonds is 3. The molecule has 98 valence electrons. The third kappa shape index (κ3) is 3.03. The summed E-state index contributed by atoms with van der Waals surface area (Å²) in [4.78, 5) is -0.0861. The van der Waals surface area contributed by atoms with Crippen molar-refractivity contribution in [2.45, 2.75) is 0 Å². The van der Waals surface area contributed by atoms with E-state index < -0.39 is 17.5 Å². The van der Waals surface area contributed by atoms with Gasteiger partial charge in [0.2, 0.25) is 0 Å². The van der Waals surface area contributed by atoms with Gasteiger partial charge in [-0.1, -0.05) is 12.2 Å². The zero-order chi connectivity index (χ0) is 14.0. The first-order valence-corrected chi connectivity index (χ1v) is 5.60. The summed E-state index contributed by atoms with van der Waals surface area (Å²) in [5.74, 6) is -2.25. The van der Waals surface area contributed by atoms with Crippen molar-refractivity contribution in [3.05, 3.63) is 59.4 Å². The predicted molar refractivity (Wildman–Crippen MR) is 68.7 cm³/mol. The Balaban J connectivity index is 2.40. The van der Waals surface area contributed by atoms with Crippen LogP contribution in [0.1, 0.15) is 5.56 Å². The van der Waals surface area contributed by atoms with Crippen molar-refractivity contribution in [1.29, 1.82) is 0 Å². The predicted octanol–water partition coefficient (Wildman–Crippen LogP) is 3.53. The first-order valence-electron chi connectivity index (χ1n) is 5.19. The highest BCUT2D eigenvalue weighted by Crippen LogP contribution is 2.28. The van der Waals surface area contributed by atoms with E-state index in [1.54, 1.807) is 0 Å². The summed E-state index contributed by atoms with van der Waals surface area (Å²) in [7, 11) is 0. The summed E-state index contributed by atoms with van der Waals surface area (Å²) in [5, 5.41) is 0. The highest BCUT2D eigenvalue weighted by atomic mass is 32.1. The molecular weight excluding hydrogens is 275 g/mol. The summed E-state index contributed by atoms with van der Waals surface area (Å²) in [6.45, 7) is 0. The Hall–Kier alpha value is -2.08. The Labute approximate surface area is 112 Å². The van der Waals surface area contributed by atoms with Crippen molar-refractivity contribution >= 4 is 17.2 Å². The summed E-state index contributed by atoms with van der Waals surface area (Å²) >= 11 is 4.76. The molecule has 19 heavy (non-hydrogen) atoms. The van der Waals surface area contributed by atoms with Gasteiger partial charge in [0.15, 0.2) is 11.6 Å². The van der Waals surface area contributed by atoms with E-state index in [0.717, 1.165) is 24.3 Å². The molecule has 0 bridgehead atoms. The molecule has 0 heterocycles. The van der Waals surface area contributed by atoms with Crippen LogP contribution < -0.4 is 10.5 Å². The molecule has 2 nitrogen and oxygen atoms in total. The molecule has 0 amide bonds. The smallest absolute Gasteiger partial charge is 0.168 e. The third-order valence-electron chi connectivity index (χ3n) is 2.32. The fraction of sp³-hybridized carbons (Fsp3) is 0. The molecule has 2 aromatic rings. The lowest BCUT2D eigenvalue weighted by molar-refractivity contribution is 0.436. The van der Waals surface area contributed by atoms with Gasteiger partial charge in [-0.25, -0.2) is 13.2 Å². The van der Waals surface area contributed by atoms with Crippen molar-refractivity contribution in [2.24, 2.45) is 5.73 Å². The lowest BCUT2D eigenvalue weighted by Gasteiger charge is -2.11. The zero-order valence-electron chi connectivity index (χ0n) is 9.49. The zero-order valence-corrected chi connectivity index (χ0v) is 10.3. The van der Waals surface area contributed by atoms with Crippen LogP contribution in [-0.4, -0.2) is 4.99 Å². The monoisotopic (exact) mass is 283 g/mol. The number of nitrogens with two attached hydrogens (primary N) is 1. The minimum absolute atomic E-state index is 0.0861. The van der Waals surface area contributed by atoms with E-state index in [1.807, 2.05) is 0 Å². The van der Waals surface area contributed by atoms with E-state index in [1.165, 1.54) is 6.07 Å². The standard InChI is InChI=1S/C13H8F3NOS/c14-7-1-3-11(9(5-7)13(17)19)18-12-4-2-8(15)6-10(12)16/h1-6H,(H2,17,19). The lowest BCUT2D eigenvalue weighted by atomic mass is 10.2. The second-order valence-corrected chi connectivity index (χ2v) is 4.12. The first-order chi connectivity index (χ1) is 8.97. The molecule has 0 saturated carbocycles. The van der Waals surface area contributed by atoms with Gasteiger partial charge in [-0.05, 0) is 30.3 Å². The lowest BCUT2D eigenvalue weighted by Crippen LogP contribution is -2.11. The molecule has 0 fully saturated rings. The van der Waals surface area contributed by atoms with Gasteiger partial charge in [0.1, 0.15) is 22.4 Å². The number of halogens is 3. The molecule has 2 N–H and O–H groups in total. The van der Waals surface area contributed by atoms with Crippen LogP contribution in [0.3, 0.4) is 0 Å². The molecule has 0 aliphatic rings. The fourth-order valence-electron chi connectivity index (χ4n) is 1.46. The van der Waals surface area contributed by atoms with Crippen molar-refractivity contribution in [3.8, 4) is 11.5 Å². The summed E-state index contributed by atoms with van der Waals surface area (Å²) < 4.78 is 44.5. The second kappa shape index (κ2) is 5.27. The van der Waals surface area contributed by atoms with Gasteiger partial charge in [0.25, 0.3) is 0 Å². The van der Waals surface area contributed by atoms with E-state index >= 15 is 0 Å². The Morgan fingerprint density at radius 2 is 1.53 bits per heavy atom. The van der Waals surface area contributed by atoms with Gasteiger partial charge in [0.05, 0.1) is 5.56 Å². The molecule has 0 aromatic heterocycles. The Morgan fingerprint density at radius 1 is 0.947 bits per heavy atom. The SMILES string of the molecule is NC(=S)c1cc(F)ccc1Oc1ccc(F)cc1F. The van der Waals surface area contributed by atoms with Crippen molar-refractivity contribution in [3.63, 3.8) is 0 Å². The number of hydrogen-bond donors (Lipinski definition) is 1. The quantitative estimate of drug-likeness (QED) is 0.875. The van der Waals surface area contributed by atoms with Crippen LogP contribution in [0.25, 0.3) is 0 Å². The van der Waals surface area contributed by atoms with E-state index in [9.17, 15) is 13.2 Å². The first kappa shape index (κ1) is 13.4. The maximum absolute atomic E-state index is 13.4. The van der Waals surface area contributed by atoms with Gasteiger partial charge in [0, 0.05) is 6.07 Å². The minimum Gasteiger partial charge on any atom is -0.454 e. The van der Waals surface area contributed by atoms with Crippen LogP contribution in [0.5, 0.6) is 11.5 Å². The average molecular weight is 283 g/mol. The van der Waals surface area contributed by atoms with E-state index in [-0.39, 0.29) is 22.1 Å². The van der Waals surface area contributed by atoms with Gasteiger partial charge in [-0.2, -0.15) is 0 Å². The Morgan fingerprint density at radius 3 is 2.11 bits per heavy atom. The number of thiocarbonyl (C=S) groups is 1. The van der Waals surface area contributed by atoms with Crippen LogP contribution in [-0.2, 0) is 0 Å². The van der Waals surface area contributed by atoms with Gasteiger partial charge < -0.3 is 10.5 Å². The van der Waals surface area contributed by atoms with Crippen molar-refractivity contribution in [2.75, 3.05) is 0 Å². The maximum atomic E-state index is 13.4. The van der Waals surface area contributed by atoms with Gasteiger partial charge in [-0.3, -0.25) is 0 Å². The van der Waals surface area contributed by atoms with E-state index in [0.29, 0.717) is 6.07 Å². The number of ether oxygens (including phenoxy) is 1. The van der Waals surface area contributed by atoms with Crippen LogP contribution >= 0.6 is 12.2 Å². The summed E-state index contributed by atoms with van der Waals surface area (Å²) in [6, 6.07) is 6.32. The molecule has 0 atom stereocenters. The van der Waals surface area contributed by atoms with Crippen LogP contribution in [0.15, 0.2) is 36.4 Å². The minimum atomic E-state index is -0.877. The van der Waals surface area contributed by atoms with Crippen LogP contribution in [0, 0.1) is 17.5 Å². The fourth-order valence-corrected chi connectivity index (χ4v) is 1.62. The summed E-state index contributed by atoms with van der Waals surface area (Å²) in [6.07, 6.45) is 0. The average Bonchev–Trinajstić information content (AvgIpc) is 2.34. The number of benzene rings is 2. The normalized spacial score (nSPS) is 10.3. The second-order valence-electron chi connectivity index (χ2n) is 3.68. The summed E-state index contributed by atoms with van der Waals surface area (Å²) in [5.41, 5.74) is 5.57. The van der Waals surface area contributed by atoms with Crippen molar-refractivity contribution in [1.82, 2.24) is 0 Å².